The maximum absolute atomic E-state index is 12.1. The molecule has 1 aromatic carbocycles. The van der Waals surface area contributed by atoms with Gasteiger partial charge in [-0.05, 0) is 45.0 Å². The molecular weight excluding hydrogens is 276 g/mol. The molecule has 2 rings (SSSR count). The van der Waals surface area contributed by atoms with E-state index in [0.29, 0.717) is 6.54 Å². The van der Waals surface area contributed by atoms with Crippen LogP contribution in [0.25, 0.3) is 11.3 Å². The van der Waals surface area contributed by atoms with Crippen molar-refractivity contribution < 1.29 is 13.5 Å². The van der Waals surface area contributed by atoms with E-state index in [1.54, 1.807) is 18.3 Å². The molecule has 0 amide bonds. The SMILES string of the molecule is CC(C)(C)NCc1cn[nH]c1-c1ccc(OC(F)F)cc1. The van der Waals surface area contributed by atoms with Crippen LogP contribution in [-0.2, 0) is 6.54 Å². The normalized spacial score (nSPS) is 11.9. The number of hydrogen-bond acceptors (Lipinski definition) is 3. The van der Waals surface area contributed by atoms with E-state index in [2.05, 4.69) is 41.0 Å². The van der Waals surface area contributed by atoms with Crippen molar-refractivity contribution in [3.63, 3.8) is 0 Å². The van der Waals surface area contributed by atoms with Gasteiger partial charge in [0.1, 0.15) is 5.75 Å². The third-order valence-electron chi connectivity index (χ3n) is 2.90. The lowest BCUT2D eigenvalue weighted by atomic mass is 10.1. The fourth-order valence-corrected chi connectivity index (χ4v) is 1.86. The topological polar surface area (TPSA) is 49.9 Å². The molecule has 21 heavy (non-hydrogen) atoms. The van der Waals surface area contributed by atoms with Crippen LogP contribution >= 0.6 is 0 Å². The lowest BCUT2D eigenvalue weighted by Crippen LogP contribution is -2.35. The van der Waals surface area contributed by atoms with Crippen molar-refractivity contribution in [1.29, 1.82) is 0 Å². The molecule has 0 atom stereocenters. The Balaban J connectivity index is 2.13. The Kier molecular flexibility index (Phi) is 4.57. The molecule has 0 saturated heterocycles. The van der Waals surface area contributed by atoms with Gasteiger partial charge in [-0.3, -0.25) is 5.10 Å². The average Bonchev–Trinajstić information content (AvgIpc) is 2.84. The summed E-state index contributed by atoms with van der Waals surface area (Å²) in [5, 5.41) is 10.4. The zero-order valence-electron chi connectivity index (χ0n) is 12.3. The summed E-state index contributed by atoms with van der Waals surface area (Å²) in [6.07, 6.45) is 1.76. The summed E-state index contributed by atoms with van der Waals surface area (Å²) in [5.41, 5.74) is 2.77. The highest BCUT2D eigenvalue weighted by atomic mass is 19.3. The number of H-pyrrole nitrogens is 1. The Hall–Kier alpha value is -1.95. The number of nitrogens with zero attached hydrogens (tertiary/aromatic N) is 1. The molecule has 2 aromatic rings. The molecule has 0 unspecified atom stereocenters. The van der Waals surface area contributed by atoms with Crippen LogP contribution in [0.4, 0.5) is 8.78 Å². The first-order valence-corrected chi connectivity index (χ1v) is 6.68. The van der Waals surface area contributed by atoms with Crippen LogP contribution in [-0.4, -0.2) is 22.3 Å². The van der Waals surface area contributed by atoms with Gasteiger partial charge in [0.05, 0.1) is 11.9 Å². The van der Waals surface area contributed by atoms with Crippen LogP contribution in [0.3, 0.4) is 0 Å². The number of nitrogens with one attached hydrogen (secondary N) is 2. The van der Waals surface area contributed by atoms with Gasteiger partial charge in [-0.2, -0.15) is 13.9 Å². The minimum absolute atomic E-state index is 0.00347. The van der Waals surface area contributed by atoms with Gasteiger partial charge >= 0.3 is 6.61 Å². The Morgan fingerprint density at radius 2 is 1.90 bits per heavy atom. The maximum atomic E-state index is 12.1. The number of benzene rings is 1. The number of halogens is 2. The molecule has 1 heterocycles. The second-order valence-corrected chi connectivity index (χ2v) is 5.78. The van der Waals surface area contributed by atoms with E-state index >= 15 is 0 Å². The molecule has 0 bridgehead atoms. The number of aromatic amines is 1. The van der Waals surface area contributed by atoms with Gasteiger partial charge in [-0.15, -0.1) is 0 Å². The van der Waals surface area contributed by atoms with Gasteiger partial charge in [0, 0.05) is 23.2 Å². The molecule has 0 radical (unpaired) electrons. The monoisotopic (exact) mass is 295 g/mol. The Labute approximate surface area is 122 Å². The number of ether oxygens (including phenoxy) is 1. The maximum Gasteiger partial charge on any atom is 0.387 e. The highest BCUT2D eigenvalue weighted by molar-refractivity contribution is 5.63. The molecule has 114 valence electrons. The molecular formula is C15H19F2N3O. The van der Waals surface area contributed by atoms with Crippen molar-refractivity contribution in [2.45, 2.75) is 39.5 Å². The van der Waals surface area contributed by atoms with Gasteiger partial charge in [-0.1, -0.05) is 0 Å². The van der Waals surface area contributed by atoms with Gasteiger partial charge < -0.3 is 10.1 Å². The second kappa shape index (κ2) is 6.22. The molecule has 0 aliphatic carbocycles. The summed E-state index contributed by atoms with van der Waals surface area (Å²) >= 11 is 0. The van der Waals surface area contributed by atoms with Gasteiger partial charge in [0.25, 0.3) is 0 Å². The fourth-order valence-electron chi connectivity index (χ4n) is 1.86. The highest BCUT2D eigenvalue weighted by Crippen LogP contribution is 2.24. The molecule has 0 aliphatic rings. The third-order valence-corrected chi connectivity index (χ3v) is 2.90. The smallest absolute Gasteiger partial charge is 0.387 e. The number of alkyl halides is 2. The molecule has 0 saturated carbocycles. The van der Waals surface area contributed by atoms with E-state index in [-0.39, 0.29) is 11.3 Å². The molecule has 4 nitrogen and oxygen atoms in total. The van der Waals surface area contributed by atoms with Crippen molar-refractivity contribution in [3.05, 3.63) is 36.0 Å². The number of rotatable bonds is 5. The first kappa shape index (κ1) is 15.4. The first-order valence-electron chi connectivity index (χ1n) is 6.68. The van der Waals surface area contributed by atoms with Crippen molar-refractivity contribution in [1.82, 2.24) is 15.5 Å². The molecule has 1 aromatic heterocycles. The van der Waals surface area contributed by atoms with Crippen LogP contribution in [0.1, 0.15) is 26.3 Å². The lowest BCUT2D eigenvalue weighted by molar-refractivity contribution is -0.0498. The minimum Gasteiger partial charge on any atom is -0.435 e. The first-order chi connectivity index (χ1) is 9.85. The quantitative estimate of drug-likeness (QED) is 0.886. The van der Waals surface area contributed by atoms with Gasteiger partial charge in [0.15, 0.2) is 0 Å². The molecule has 0 aliphatic heterocycles. The second-order valence-electron chi connectivity index (χ2n) is 5.78. The Morgan fingerprint density at radius 1 is 1.24 bits per heavy atom. The summed E-state index contributed by atoms with van der Waals surface area (Å²) in [4.78, 5) is 0. The Bertz CT molecular complexity index is 573. The van der Waals surface area contributed by atoms with Crippen molar-refractivity contribution in [2.24, 2.45) is 0 Å². The summed E-state index contributed by atoms with van der Waals surface area (Å²) in [5.74, 6) is 0.141. The number of aromatic nitrogens is 2. The van der Waals surface area contributed by atoms with E-state index in [9.17, 15) is 8.78 Å². The van der Waals surface area contributed by atoms with Gasteiger partial charge in [-0.25, -0.2) is 0 Å². The standard InChI is InChI=1S/C15H19F2N3O/c1-15(2,3)18-8-11-9-19-20-13(11)10-4-6-12(7-5-10)21-14(16)17/h4-7,9,14,18H,8H2,1-3H3,(H,19,20). The van der Waals surface area contributed by atoms with Crippen LogP contribution in [0.15, 0.2) is 30.5 Å². The van der Waals surface area contributed by atoms with Crippen LogP contribution in [0, 0.1) is 0 Å². The Morgan fingerprint density at radius 3 is 2.48 bits per heavy atom. The van der Waals surface area contributed by atoms with Crippen LogP contribution in [0.5, 0.6) is 5.75 Å². The van der Waals surface area contributed by atoms with E-state index in [1.165, 1.54) is 12.1 Å². The molecule has 6 heteroatoms. The summed E-state index contributed by atoms with van der Waals surface area (Å²) in [7, 11) is 0. The molecule has 2 N–H and O–H groups in total. The van der Waals surface area contributed by atoms with E-state index in [0.717, 1.165) is 16.8 Å². The fraction of sp³-hybridized carbons (Fsp3) is 0.400. The van der Waals surface area contributed by atoms with E-state index < -0.39 is 6.61 Å². The van der Waals surface area contributed by atoms with Crippen molar-refractivity contribution in [3.8, 4) is 17.0 Å². The summed E-state index contributed by atoms with van der Waals surface area (Å²) < 4.78 is 28.6. The number of hydrogen-bond donors (Lipinski definition) is 2. The van der Waals surface area contributed by atoms with Gasteiger partial charge in [0.2, 0.25) is 0 Å². The van der Waals surface area contributed by atoms with Crippen molar-refractivity contribution in [2.75, 3.05) is 0 Å². The lowest BCUT2D eigenvalue weighted by Gasteiger charge is -2.20. The zero-order chi connectivity index (χ0) is 15.5. The highest BCUT2D eigenvalue weighted by Gasteiger charge is 2.13. The largest absolute Gasteiger partial charge is 0.435 e. The van der Waals surface area contributed by atoms with E-state index in [4.69, 9.17) is 0 Å². The zero-order valence-corrected chi connectivity index (χ0v) is 12.3. The van der Waals surface area contributed by atoms with E-state index in [1.807, 2.05) is 0 Å². The molecule has 0 fully saturated rings. The summed E-state index contributed by atoms with van der Waals surface area (Å²) in [6, 6.07) is 6.49. The van der Waals surface area contributed by atoms with Crippen LogP contribution < -0.4 is 10.1 Å². The third kappa shape index (κ3) is 4.53. The summed E-state index contributed by atoms with van der Waals surface area (Å²) in [6.45, 7) is 4.12. The predicted octanol–water partition coefficient (Wildman–Crippen LogP) is 3.57. The predicted molar refractivity (Wildman–Crippen MR) is 77.2 cm³/mol. The average molecular weight is 295 g/mol. The molecule has 0 spiro atoms. The minimum atomic E-state index is -2.81. The van der Waals surface area contributed by atoms with Crippen LogP contribution in [0.2, 0.25) is 0 Å². The van der Waals surface area contributed by atoms with Crippen molar-refractivity contribution >= 4 is 0 Å².